The fourth-order valence-electron chi connectivity index (χ4n) is 5.26. The maximum Gasteiger partial charge on any atom is 0.325 e. The van der Waals surface area contributed by atoms with Crippen LogP contribution in [0.5, 0.6) is 5.75 Å². The first-order chi connectivity index (χ1) is 17.2. The number of fused-ring (bicyclic) bond motifs is 1. The molecule has 1 aromatic carbocycles. The van der Waals surface area contributed by atoms with Crippen molar-refractivity contribution in [3.05, 3.63) is 53.2 Å². The van der Waals surface area contributed by atoms with E-state index in [2.05, 4.69) is 17.4 Å². The van der Waals surface area contributed by atoms with Gasteiger partial charge in [-0.05, 0) is 75.5 Å². The van der Waals surface area contributed by atoms with E-state index in [0.29, 0.717) is 25.4 Å². The number of nitrogens with zero attached hydrogens (tertiary/aromatic N) is 2. The van der Waals surface area contributed by atoms with Crippen LogP contribution in [0.2, 0.25) is 0 Å². The third-order valence-electron chi connectivity index (χ3n) is 7.47. The third-order valence-corrected chi connectivity index (χ3v) is 7.47. The Bertz CT molecular complexity index is 1010. The zero-order valence-corrected chi connectivity index (χ0v) is 20.5. The molecule has 1 saturated carbocycles. The van der Waals surface area contributed by atoms with E-state index in [9.17, 15) is 9.90 Å². The summed E-state index contributed by atoms with van der Waals surface area (Å²) in [5.74, 6) is 0.936. The van der Waals surface area contributed by atoms with Crippen molar-refractivity contribution >= 4 is 11.8 Å². The summed E-state index contributed by atoms with van der Waals surface area (Å²) in [6, 6.07) is 11.3. The van der Waals surface area contributed by atoms with E-state index in [1.807, 2.05) is 29.2 Å². The second-order valence-corrected chi connectivity index (χ2v) is 10.0. The number of unbranched alkanes of at least 4 members (excludes halogenated alkanes) is 1. The van der Waals surface area contributed by atoms with E-state index in [4.69, 9.17) is 14.5 Å². The Hall–Kier alpha value is -2.64. The standard InChI is InChI=1S/C28H37N3O4/c32-28(33)26(24-11-1-2-12-25(24)35-22-9-5-10-22)31-17-15-23(19-31)34-18-4-3-8-21-14-13-20-7-6-16-29-27(20)30-21/h1-2,11-14,22-23,26H,3-10,15-19H2,(H,29,30)(H,32,33)/t23-,26+/m1/s1. The summed E-state index contributed by atoms with van der Waals surface area (Å²) in [6.07, 6.45) is 9.67. The maximum atomic E-state index is 12.3. The highest BCUT2D eigenvalue weighted by molar-refractivity contribution is 5.76. The van der Waals surface area contributed by atoms with Crippen LogP contribution in [-0.4, -0.2) is 59.4 Å². The number of aryl methyl sites for hydroxylation is 2. The summed E-state index contributed by atoms with van der Waals surface area (Å²) in [7, 11) is 0. The average molecular weight is 480 g/mol. The van der Waals surface area contributed by atoms with E-state index in [0.717, 1.165) is 68.6 Å². The van der Waals surface area contributed by atoms with Gasteiger partial charge in [-0.2, -0.15) is 0 Å². The SMILES string of the molecule is O=C(O)[C@H](c1ccccc1OC1CCC1)N1CC[C@@H](OCCCCc2ccc3c(n2)NCCC3)C1. The van der Waals surface area contributed by atoms with Gasteiger partial charge in [0.15, 0.2) is 0 Å². The molecule has 2 fully saturated rings. The first-order valence-electron chi connectivity index (χ1n) is 13.2. The summed E-state index contributed by atoms with van der Waals surface area (Å²) in [6.45, 7) is 3.05. The molecule has 35 heavy (non-hydrogen) atoms. The Balaban J connectivity index is 1.09. The van der Waals surface area contributed by atoms with Crippen LogP contribution in [0, 0.1) is 0 Å². The zero-order chi connectivity index (χ0) is 24.0. The minimum atomic E-state index is -0.831. The number of hydrogen-bond acceptors (Lipinski definition) is 6. The molecule has 0 radical (unpaired) electrons. The van der Waals surface area contributed by atoms with Crippen molar-refractivity contribution in [2.45, 2.75) is 76.0 Å². The molecule has 7 nitrogen and oxygen atoms in total. The van der Waals surface area contributed by atoms with Crippen molar-refractivity contribution in [3.8, 4) is 5.75 Å². The number of carbonyl (C=O) groups is 1. The molecular formula is C28H37N3O4. The first-order valence-corrected chi connectivity index (χ1v) is 13.2. The van der Waals surface area contributed by atoms with Gasteiger partial charge in [0, 0.05) is 37.5 Å². The molecule has 3 heterocycles. The van der Waals surface area contributed by atoms with E-state index in [1.165, 1.54) is 18.4 Å². The summed E-state index contributed by atoms with van der Waals surface area (Å²) < 4.78 is 12.3. The largest absolute Gasteiger partial charge is 0.490 e. The van der Waals surface area contributed by atoms with Crippen LogP contribution in [0.25, 0.3) is 0 Å². The molecule has 1 aliphatic carbocycles. The molecule has 2 aliphatic heterocycles. The van der Waals surface area contributed by atoms with Crippen molar-refractivity contribution in [2.24, 2.45) is 0 Å². The predicted molar refractivity (Wildman–Crippen MR) is 135 cm³/mol. The Morgan fingerprint density at radius 2 is 2.00 bits per heavy atom. The Labute approximate surface area is 207 Å². The van der Waals surface area contributed by atoms with Gasteiger partial charge in [-0.1, -0.05) is 24.3 Å². The molecule has 2 atom stereocenters. The minimum absolute atomic E-state index is 0.0719. The topological polar surface area (TPSA) is 83.9 Å². The lowest BCUT2D eigenvalue weighted by molar-refractivity contribution is -0.143. The monoisotopic (exact) mass is 479 g/mol. The highest BCUT2D eigenvalue weighted by atomic mass is 16.5. The maximum absolute atomic E-state index is 12.3. The third kappa shape index (κ3) is 5.96. The second kappa shape index (κ2) is 11.4. The number of carboxylic acid groups (broad SMARTS) is 1. The quantitative estimate of drug-likeness (QED) is 0.455. The number of rotatable bonds is 11. The van der Waals surface area contributed by atoms with E-state index >= 15 is 0 Å². The molecule has 5 rings (SSSR count). The van der Waals surface area contributed by atoms with Crippen molar-refractivity contribution in [1.82, 2.24) is 9.88 Å². The van der Waals surface area contributed by atoms with E-state index in [1.54, 1.807) is 0 Å². The van der Waals surface area contributed by atoms with Gasteiger partial charge >= 0.3 is 5.97 Å². The molecule has 2 N–H and O–H groups in total. The van der Waals surface area contributed by atoms with Crippen LogP contribution in [0.4, 0.5) is 5.82 Å². The summed E-state index contributed by atoms with van der Waals surface area (Å²) in [5.41, 5.74) is 3.21. The van der Waals surface area contributed by atoms with Crippen molar-refractivity contribution < 1.29 is 19.4 Å². The number of carboxylic acids is 1. The van der Waals surface area contributed by atoms with Gasteiger partial charge in [0.25, 0.3) is 0 Å². The van der Waals surface area contributed by atoms with Gasteiger partial charge in [-0.25, -0.2) is 4.98 Å². The molecule has 188 valence electrons. The molecule has 3 aliphatic rings. The molecule has 0 unspecified atom stereocenters. The number of nitrogens with one attached hydrogen (secondary N) is 1. The molecule has 2 aromatic rings. The lowest BCUT2D eigenvalue weighted by Crippen LogP contribution is -2.34. The Morgan fingerprint density at radius 3 is 2.83 bits per heavy atom. The number of anilines is 1. The molecule has 7 heteroatoms. The molecular weight excluding hydrogens is 442 g/mol. The highest BCUT2D eigenvalue weighted by Crippen LogP contribution is 2.35. The highest BCUT2D eigenvalue weighted by Gasteiger charge is 2.36. The number of likely N-dealkylation sites (tertiary alicyclic amines) is 1. The van der Waals surface area contributed by atoms with Crippen molar-refractivity contribution in [3.63, 3.8) is 0 Å². The number of ether oxygens (including phenoxy) is 2. The van der Waals surface area contributed by atoms with Gasteiger partial charge in [-0.3, -0.25) is 9.69 Å². The summed E-state index contributed by atoms with van der Waals surface area (Å²) in [5, 5.41) is 13.5. The van der Waals surface area contributed by atoms with Gasteiger partial charge in [-0.15, -0.1) is 0 Å². The normalized spacial score (nSPS) is 21.1. The molecule has 0 amide bonds. The van der Waals surface area contributed by atoms with Crippen LogP contribution in [0.1, 0.15) is 67.8 Å². The van der Waals surface area contributed by atoms with Gasteiger partial charge in [0.1, 0.15) is 17.6 Å². The average Bonchev–Trinajstić information content (AvgIpc) is 3.30. The predicted octanol–water partition coefficient (Wildman–Crippen LogP) is 4.61. The number of pyridine rings is 1. The minimum Gasteiger partial charge on any atom is -0.490 e. The van der Waals surface area contributed by atoms with Gasteiger partial charge in [0.2, 0.25) is 0 Å². The Morgan fingerprint density at radius 1 is 1.11 bits per heavy atom. The number of aromatic nitrogens is 1. The first kappa shape index (κ1) is 24.1. The van der Waals surface area contributed by atoms with Crippen LogP contribution in [-0.2, 0) is 22.4 Å². The van der Waals surface area contributed by atoms with E-state index < -0.39 is 12.0 Å². The lowest BCUT2D eigenvalue weighted by Gasteiger charge is -2.30. The number of aliphatic carboxylic acids is 1. The van der Waals surface area contributed by atoms with Crippen molar-refractivity contribution in [1.29, 1.82) is 0 Å². The van der Waals surface area contributed by atoms with E-state index in [-0.39, 0.29) is 12.2 Å². The summed E-state index contributed by atoms with van der Waals surface area (Å²) >= 11 is 0. The number of para-hydroxylation sites is 1. The summed E-state index contributed by atoms with van der Waals surface area (Å²) in [4.78, 5) is 19.1. The Kier molecular flexibility index (Phi) is 7.84. The molecule has 1 saturated heterocycles. The van der Waals surface area contributed by atoms with Gasteiger partial charge < -0.3 is 19.9 Å². The molecule has 0 spiro atoms. The smallest absolute Gasteiger partial charge is 0.325 e. The van der Waals surface area contributed by atoms with Crippen LogP contribution < -0.4 is 10.1 Å². The molecule has 1 aromatic heterocycles. The second-order valence-electron chi connectivity index (χ2n) is 10.0. The fourth-order valence-corrected chi connectivity index (χ4v) is 5.26. The van der Waals surface area contributed by atoms with Gasteiger partial charge in [0.05, 0.1) is 12.2 Å². The lowest BCUT2D eigenvalue weighted by atomic mass is 9.96. The fraction of sp³-hybridized carbons (Fsp3) is 0.571. The number of hydrogen-bond donors (Lipinski definition) is 2. The van der Waals surface area contributed by atoms with Crippen molar-refractivity contribution in [2.75, 3.05) is 31.6 Å². The molecule has 0 bridgehead atoms. The van der Waals surface area contributed by atoms with Crippen LogP contribution in [0.3, 0.4) is 0 Å². The number of benzene rings is 1. The zero-order valence-electron chi connectivity index (χ0n) is 20.5. The van der Waals surface area contributed by atoms with Crippen LogP contribution >= 0.6 is 0 Å². The van der Waals surface area contributed by atoms with Crippen LogP contribution in [0.15, 0.2) is 36.4 Å².